The van der Waals surface area contributed by atoms with Gasteiger partial charge in [0.05, 0.1) is 22.5 Å². The molecule has 9 heteroatoms. The van der Waals surface area contributed by atoms with Crippen molar-refractivity contribution >= 4 is 31.4 Å². The molecular formula is C16H19FN2O4S2. The Morgan fingerprint density at radius 3 is 1.76 bits per heavy atom. The second-order valence-electron chi connectivity index (χ2n) is 5.63. The smallest absolute Gasteiger partial charge is 0.264 e. The monoisotopic (exact) mass is 386 g/mol. The highest BCUT2D eigenvalue weighted by atomic mass is 32.2. The summed E-state index contributed by atoms with van der Waals surface area (Å²) in [6.45, 7) is 1.52. The van der Waals surface area contributed by atoms with Gasteiger partial charge in [0.1, 0.15) is 5.82 Å². The zero-order valence-electron chi connectivity index (χ0n) is 14.3. The molecule has 25 heavy (non-hydrogen) atoms. The minimum Gasteiger partial charge on any atom is -0.274 e. The van der Waals surface area contributed by atoms with E-state index in [0.29, 0.717) is 16.9 Å². The van der Waals surface area contributed by atoms with E-state index in [1.807, 2.05) is 0 Å². The van der Waals surface area contributed by atoms with Crippen molar-refractivity contribution < 1.29 is 21.2 Å². The Morgan fingerprint density at radius 1 is 0.840 bits per heavy atom. The molecule has 0 aliphatic heterocycles. The third-order valence-corrected chi connectivity index (χ3v) is 7.00. The van der Waals surface area contributed by atoms with Crippen LogP contribution in [0.3, 0.4) is 0 Å². The Balaban J connectivity index is 2.38. The largest absolute Gasteiger partial charge is 0.274 e. The molecule has 0 saturated carbocycles. The molecule has 0 unspecified atom stereocenters. The van der Waals surface area contributed by atoms with Gasteiger partial charge >= 0.3 is 0 Å². The van der Waals surface area contributed by atoms with E-state index in [0.717, 1.165) is 27.0 Å². The normalized spacial score (nSPS) is 12.0. The van der Waals surface area contributed by atoms with Crippen molar-refractivity contribution in [2.24, 2.45) is 0 Å². The molecule has 0 aliphatic rings. The van der Waals surface area contributed by atoms with E-state index < -0.39 is 25.9 Å². The van der Waals surface area contributed by atoms with Crippen LogP contribution >= 0.6 is 0 Å². The Bertz CT molecular complexity index is 987. The summed E-state index contributed by atoms with van der Waals surface area (Å²) in [6, 6.07) is 9.52. The van der Waals surface area contributed by atoms with Crippen LogP contribution in [0.4, 0.5) is 15.8 Å². The van der Waals surface area contributed by atoms with Gasteiger partial charge in [-0.2, -0.15) is 0 Å². The van der Waals surface area contributed by atoms with Gasteiger partial charge in [-0.1, -0.05) is 0 Å². The van der Waals surface area contributed by atoms with Crippen molar-refractivity contribution in [3.63, 3.8) is 0 Å². The highest BCUT2D eigenvalue weighted by Gasteiger charge is 2.23. The van der Waals surface area contributed by atoms with Crippen LogP contribution in [0.2, 0.25) is 0 Å². The summed E-state index contributed by atoms with van der Waals surface area (Å²) < 4.78 is 64.0. The van der Waals surface area contributed by atoms with E-state index >= 15 is 0 Å². The van der Waals surface area contributed by atoms with Crippen LogP contribution in [0.15, 0.2) is 47.4 Å². The quantitative estimate of drug-likeness (QED) is 0.791. The van der Waals surface area contributed by atoms with Crippen LogP contribution < -0.4 is 8.61 Å². The summed E-state index contributed by atoms with van der Waals surface area (Å²) in [5, 5.41) is 0. The fourth-order valence-corrected chi connectivity index (χ4v) is 4.16. The van der Waals surface area contributed by atoms with Gasteiger partial charge in [-0.15, -0.1) is 0 Å². The lowest BCUT2D eigenvalue weighted by atomic mass is 10.2. The van der Waals surface area contributed by atoms with Crippen molar-refractivity contribution in [3.05, 3.63) is 53.8 Å². The van der Waals surface area contributed by atoms with Gasteiger partial charge in [-0.05, 0) is 55.0 Å². The summed E-state index contributed by atoms with van der Waals surface area (Å²) in [5.41, 5.74) is 1.07. The van der Waals surface area contributed by atoms with Gasteiger partial charge in [0.2, 0.25) is 10.0 Å². The molecule has 0 saturated heterocycles. The van der Waals surface area contributed by atoms with E-state index in [-0.39, 0.29) is 4.90 Å². The Hall–Kier alpha value is -2.13. The van der Waals surface area contributed by atoms with Crippen molar-refractivity contribution in [1.29, 1.82) is 0 Å². The van der Waals surface area contributed by atoms with Gasteiger partial charge in [-0.25, -0.2) is 21.2 Å². The highest BCUT2D eigenvalue weighted by Crippen LogP contribution is 2.27. The molecule has 0 fully saturated rings. The zero-order chi connectivity index (χ0) is 19.0. The molecule has 2 aromatic rings. The first-order chi connectivity index (χ1) is 11.4. The van der Waals surface area contributed by atoms with E-state index in [9.17, 15) is 21.2 Å². The SMILES string of the molecule is Cc1cc(F)ccc1S(=O)(=O)N(C)c1ccc(N(C)S(C)(=O)=O)cc1. The molecule has 0 radical (unpaired) electrons. The van der Waals surface area contributed by atoms with Crippen molar-refractivity contribution in [3.8, 4) is 0 Å². The summed E-state index contributed by atoms with van der Waals surface area (Å²) in [7, 11) is -4.48. The number of sulfonamides is 2. The summed E-state index contributed by atoms with van der Waals surface area (Å²) in [5.74, 6) is -0.507. The van der Waals surface area contributed by atoms with Crippen LogP contribution in [0.1, 0.15) is 5.56 Å². The summed E-state index contributed by atoms with van der Waals surface area (Å²) in [4.78, 5) is 0.00808. The number of halogens is 1. The van der Waals surface area contributed by atoms with Gasteiger partial charge in [0, 0.05) is 14.1 Å². The maximum absolute atomic E-state index is 13.2. The lowest BCUT2D eigenvalue weighted by Crippen LogP contribution is -2.27. The predicted octanol–water partition coefficient (Wildman–Crippen LogP) is 2.36. The van der Waals surface area contributed by atoms with Crippen LogP contribution in [0.5, 0.6) is 0 Å². The highest BCUT2D eigenvalue weighted by molar-refractivity contribution is 7.93. The van der Waals surface area contributed by atoms with Gasteiger partial charge in [-0.3, -0.25) is 8.61 Å². The van der Waals surface area contributed by atoms with Crippen molar-refractivity contribution in [2.45, 2.75) is 11.8 Å². The topological polar surface area (TPSA) is 74.8 Å². The van der Waals surface area contributed by atoms with Gasteiger partial charge < -0.3 is 0 Å². The number of hydrogen-bond acceptors (Lipinski definition) is 4. The third kappa shape index (κ3) is 3.93. The van der Waals surface area contributed by atoms with Crippen LogP contribution in [-0.4, -0.2) is 37.2 Å². The molecule has 6 nitrogen and oxygen atoms in total. The first kappa shape index (κ1) is 19.2. The second-order valence-corrected chi connectivity index (χ2v) is 9.58. The molecule has 136 valence electrons. The minimum absolute atomic E-state index is 0.00808. The molecule has 0 aromatic heterocycles. The lowest BCUT2D eigenvalue weighted by Gasteiger charge is -2.22. The second kappa shape index (κ2) is 6.64. The minimum atomic E-state index is -3.87. The van der Waals surface area contributed by atoms with E-state index in [1.54, 1.807) is 0 Å². The molecule has 0 N–H and O–H groups in total. The van der Waals surface area contributed by atoms with Crippen LogP contribution in [0, 0.1) is 12.7 Å². The third-order valence-electron chi connectivity index (χ3n) is 3.85. The number of benzene rings is 2. The average molecular weight is 386 g/mol. The fourth-order valence-electron chi connectivity index (χ4n) is 2.25. The summed E-state index contributed by atoms with van der Waals surface area (Å²) in [6.07, 6.45) is 1.08. The molecule has 0 spiro atoms. The maximum Gasteiger partial charge on any atom is 0.264 e. The molecular weight excluding hydrogens is 367 g/mol. The summed E-state index contributed by atoms with van der Waals surface area (Å²) >= 11 is 0. The van der Waals surface area contributed by atoms with Gasteiger partial charge in [0.25, 0.3) is 10.0 Å². The molecule has 2 rings (SSSR count). The fraction of sp³-hybridized carbons (Fsp3) is 0.250. The standard InChI is InChI=1S/C16H19FN2O4S2/c1-12-11-13(17)5-10-16(12)25(22,23)19(3)15-8-6-14(7-9-15)18(2)24(4,20)21/h5-11H,1-4H3. The molecule has 0 heterocycles. The lowest BCUT2D eigenvalue weighted by molar-refractivity contribution is 0.591. The Morgan fingerprint density at radius 2 is 1.32 bits per heavy atom. The number of hydrogen-bond donors (Lipinski definition) is 0. The van der Waals surface area contributed by atoms with E-state index in [2.05, 4.69) is 0 Å². The Labute approximate surface area is 147 Å². The van der Waals surface area contributed by atoms with Crippen molar-refractivity contribution in [2.75, 3.05) is 29.0 Å². The van der Waals surface area contributed by atoms with Crippen LogP contribution in [0.25, 0.3) is 0 Å². The average Bonchev–Trinajstić information content (AvgIpc) is 2.52. The molecule has 0 bridgehead atoms. The number of nitrogens with zero attached hydrogens (tertiary/aromatic N) is 2. The molecule has 0 aliphatic carbocycles. The number of rotatable bonds is 5. The Kier molecular flexibility index (Phi) is 5.10. The zero-order valence-corrected chi connectivity index (χ0v) is 15.9. The van der Waals surface area contributed by atoms with Gasteiger partial charge in [0.15, 0.2) is 0 Å². The molecule has 0 amide bonds. The maximum atomic E-state index is 13.2. The predicted molar refractivity (Wildman–Crippen MR) is 96.4 cm³/mol. The first-order valence-electron chi connectivity index (χ1n) is 7.23. The first-order valence-corrected chi connectivity index (χ1v) is 10.5. The van der Waals surface area contributed by atoms with E-state index in [4.69, 9.17) is 0 Å². The molecule has 0 atom stereocenters. The van der Waals surface area contributed by atoms with Crippen molar-refractivity contribution in [1.82, 2.24) is 0 Å². The number of aryl methyl sites for hydroxylation is 1. The van der Waals surface area contributed by atoms with E-state index in [1.165, 1.54) is 51.4 Å². The number of anilines is 2. The molecule has 2 aromatic carbocycles. The van der Waals surface area contributed by atoms with Crippen LogP contribution in [-0.2, 0) is 20.0 Å².